The Bertz CT molecular complexity index is 581. The summed E-state index contributed by atoms with van der Waals surface area (Å²) >= 11 is 5.89. The molecule has 1 fully saturated rings. The number of urea groups is 1. The minimum atomic E-state index is -0.957. The number of aliphatic carboxylic acids is 1. The molecule has 0 radical (unpaired) electrons. The van der Waals surface area contributed by atoms with Gasteiger partial charge < -0.3 is 15.3 Å². The number of anilines is 1. The first-order valence-electron chi connectivity index (χ1n) is 6.56. The molecule has 0 spiro atoms. The van der Waals surface area contributed by atoms with Crippen LogP contribution in [0.4, 0.5) is 14.9 Å². The van der Waals surface area contributed by atoms with E-state index in [1.54, 1.807) is 6.92 Å². The lowest BCUT2D eigenvalue weighted by atomic mass is 9.82. The highest BCUT2D eigenvalue weighted by Gasteiger charge is 2.39. The van der Waals surface area contributed by atoms with Gasteiger partial charge in [-0.1, -0.05) is 11.6 Å². The quantitative estimate of drug-likeness (QED) is 0.880. The molecule has 2 N–H and O–H groups in total. The van der Waals surface area contributed by atoms with E-state index in [9.17, 15) is 19.1 Å². The maximum Gasteiger partial charge on any atom is 0.321 e. The van der Waals surface area contributed by atoms with Crippen molar-refractivity contribution in [2.75, 3.05) is 18.4 Å². The number of carbonyl (C=O) groups is 2. The van der Waals surface area contributed by atoms with Crippen LogP contribution in [0, 0.1) is 11.2 Å². The average Bonchev–Trinajstić information content (AvgIpc) is 2.42. The minimum Gasteiger partial charge on any atom is -0.481 e. The Kier molecular flexibility index (Phi) is 4.37. The van der Waals surface area contributed by atoms with Crippen molar-refractivity contribution in [1.82, 2.24) is 4.90 Å². The number of carboxylic acid groups (broad SMARTS) is 1. The molecule has 2 rings (SSSR count). The zero-order valence-corrected chi connectivity index (χ0v) is 12.3. The first-order chi connectivity index (χ1) is 9.82. The van der Waals surface area contributed by atoms with Gasteiger partial charge in [0.2, 0.25) is 0 Å². The highest BCUT2D eigenvalue weighted by molar-refractivity contribution is 6.33. The summed E-state index contributed by atoms with van der Waals surface area (Å²) in [6, 6.07) is 3.19. The Morgan fingerprint density at radius 1 is 1.48 bits per heavy atom. The summed E-state index contributed by atoms with van der Waals surface area (Å²) in [4.78, 5) is 24.9. The van der Waals surface area contributed by atoms with Gasteiger partial charge in [-0.3, -0.25) is 4.79 Å². The summed E-state index contributed by atoms with van der Waals surface area (Å²) in [5, 5.41) is 12.0. The highest BCUT2D eigenvalue weighted by atomic mass is 35.5. The van der Waals surface area contributed by atoms with Crippen molar-refractivity contribution in [2.24, 2.45) is 5.41 Å². The number of carbonyl (C=O) groups excluding carboxylic acids is 1. The van der Waals surface area contributed by atoms with Crippen molar-refractivity contribution in [3.63, 3.8) is 0 Å². The molecule has 1 heterocycles. The maximum absolute atomic E-state index is 13.2. The lowest BCUT2D eigenvalue weighted by molar-refractivity contribution is -0.150. The molecule has 0 aliphatic carbocycles. The van der Waals surface area contributed by atoms with Crippen molar-refractivity contribution in [3.05, 3.63) is 29.0 Å². The number of hydrogen-bond acceptors (Lipinski definition) is 2. The van der Waals surface area contributed by atoms with Crippen LogP contribution in [0.15, 0.2) is 18.2 Å². The van der Waals surface area contributed by atoms with Crippen molar-refractivity contribution < 1.29 is 19.1 Å². The number of hydrogen-bond donors (Lipinski definition) is 2. The predicted molar refractivity (Wildman–Crippen MR) is 77.0 cm³/mol. The van der Waals surface area contributed by atoms with E-state index in [1.807, 2.05) is 0 Å². The summed E-state index contributed by atoms with van der Waals surface area (Å²) in [5.74, 6) is -1.44. The normalized spacial score (nSPS) is 22.0. The molecule has 1 aromatic carbocycles. The van der Waals surface area contributed by atoms with Gasteiger partial charge in [0.15, 0.2) is 0 Å². The monoisotopic (exact) mass is 314 g/mol. The fourth-order valence-electron chi connectivity index (χ4n) is 2.37. The van der Waals surface area contributed by atoms with Crippen LogP contribution in [0.1, 0.15) is 19.8 Å². The molecule has 114 valence electrons. The lowest BCUT2D eigenvalue weighted by Gasteiger charge is -2.37. The van der Waals surface area contributed by atoms with Gasteiger partial charge in [0, 0.05) is 13.1 Å². The summed E-state index contributed by atoms with van der Waals surface area (Å²) in [6.07, 6.45) is 1.12. The van der Waals surface area contributed by atoms with Crippen molar-refractivity contribution in [2.45, 2.75) is 19.8 Å². The molecule has 1 saturated heterocycles. The molecule has 1 atom stereocenters. The van der Waals surface area contributed by atoms with Crippen molar-refractivity contribution in [1.29, 1.82) is 0 Å². The fourth-order valence-corrected chi connectivity index (χ4v) is 2.54. The third-order valence-corrected chi connectivity index (χ3v) is 4.00. The van der Waals surface area contributed by atoms with Crippen LogP contribution in [0.3, 0.4) is 0 Å². The Hall–Kier alpha value is -1.82. The summed E-state index contributed by atoms with van der Waals surface area (Å²) in [5.41, 5.74) is -0.786. The molecule has 0 saturated carbocycles. The van der Waals surface area contributed by atoms with Crippen LogP contribution in [0.2, 0.25) is 5.02 Å². The van der Waals surface area contributed by atoms with Crippen molar-refractivity contribution >= 4 is 29.3 Å². The SMILES string of the molecule is CC1(C(=O)O)CCCN(C(=O)Nc2cc(F)ccc2Cl)C1. The Morgan fingerprint density at radius 3 is 2.86 bits per heavy atom. The molecule has 5 nitrogen and oxygen atoms in total. The smallest absolute Gasteiger partial charge is 0.321 e. The van der Waals surface area contributed by atoms with E-state index >= 15 is 0 Å². The average molecular weight is 315 g/mol. The number of benzene rings is 1. The number of rotatable bonds is 2. The van der Waals surface area contributed by atoms with Gasteiger partial charge in [0.25, 0.3) is 0 Å². The molecule has 1 aromatic rings. The number of carboxylic acids is 1. The predicted octanol–water partition coefficient (Wildman–Crippen LogP) is 3.20. The van der Waals surface area contributed by atoms with E-state index < -0.39 is 23.2 Å². The van der Waals surface area contributed by atoms with E-state index in [2.05, 4.69) is 5.32 Å². The van der Waals surface area contributed by atoms with Gasteiger partial charge in [-0.25, -0.2) is 9.18 Å². The van der Waals surface area contributed by atoms with E-state index in [1.165, 1.54) is 17.0 Å². The van der Waals surface area contributed by atoms with Gasteiger partial charge in [0.05, 0.1) is 16.1 Å². The largest absolute Gasteiger partial charge is 0.481 e. The fraction of sp³-hybridized carbons (Fsp3) is 0.429. The standard InChI is InChI=1S/C14H16ClFN2O3/c1-14(12(19)20)5-2-6-18(8-14)13(21)17-11-7-9(16)3-4-10(11)15/h3-4,7H,2,5-6,8H2,1H3,(H,17,21)(H,19,20). The van der Waals surface area contributed by atoms with E-state index in [0.717, 1.165) is 6.07 Å². The van der Waals surface area contributed by atoms with E-state index in [-0.39, 0.29) is 17.3 Å². The molecule has 21 heavy (non-hydrogen) atoms. The van der Waals surface area contributed by atoms with Crippen LogP contribution >= 0.6 is 11.6 Å². The molecular weight excluding hydrogens is 299 g/mol. The molecule has 0 aromatic heterocycles. The second kappa shape index (κ2) is 5.89. The molecule has 1 aliphatic rings. The van der Waals surface area contributed by atoms with Gasteiger partial charge >= 0.3 is 12.0 Å². The third kappa shape index (κ3) is 3.44. The first kappa shape index (κ1) is 15.6. The molecular formula is C14H16ClFN2O3. The number of halogens is 2. The van der Waals surface area contributed by atoms with Gasteiger partial charge in [0.1, 0.15) is 5.82 Å². The molecule has 7 heteroatoms. The number of likely N-dealkylation sites (tertiary alicyclic amines) is 1. The molecule has 2 amide bonds. The lowest BCUT2D eigenvalue weighted by Crippen LogP contribution is -2.49. The van der Waals surface area contributed by atoms with Crippen LogP contribution < -0.4 is 5.32 Å². The second-order valence-corrected chi connectivity index (χ2v) is 5.85. The summed E-state index contributed by atoms with van der Waals surface area (Å²) in [6.45, 7) is 2.19. The van der Waals surface area contributed by atoms with Gasteiger partial charge in [-0.05, 0) is 38.0 Å². The van der Waals surface area contributed by atoms with Crippen LogP contribution in [0.5, 0.6) is 0 Å². The first-order valence-corrected chi connectivity index (χ1v) is 6.94. The second-order valence-electron chi connectivity index (χ2n) is 5.45. The summed E-state index contributed by atoms with van der Waals surface area (Å²) < 4.78 is 13.2. The van der Waals surface area contributed by atoms with Gasteiger partial charge in [-0.15, -0.1) is 0 Å². The van der Waals surface area contributed by atoms with E-state index in [0.29, 0.717) is 19.4 Å². The zero-order chi connectivity index (χ0) is 15.6. The molecule has 1 aliphatic heterocycles. The van der Waals surface area contributed by atoms with Crippen LogP contribution in [0.25, 0.3) is 0 Å². The van der Waals surface area contributed by atoms with Gasteiger partial charge in [-0.2, -0.15) is 0 Å². The van der Waals surface area contributed by atoms with Crippen molar-refractivity contribution in [3.8, 4) is 0 Å². The Labute approximate surface area is 126 Å². The third-order valence-electron chi connectivity index (χ3n) is 3.67. The number of nitrogens with one attached hydrogen (secondary N) is 1. The zero-order valence-electron chi connectivity index (χ0n) is 11.5. The van der Waals surface area contributed by atoms with E-state index in [4.69, 9.17) is 11.6 Å². The molecule has 1 unspecified atom stereocenters. The van der Waals surface area contributed by atoms with Crippen LogP contribution in [-0.4, -0.2) is 35.1 Å². The highest BCUT2D eigenvalue weighted by Crippen LogP contribution is 2.30. The Balaban J connectivity index is 2.10. The topological polar surface area (TPSA) is 69.6 Å². The number of piperidine rings is 1. The Morgan fingerprint density at radius 2 is 2.19 bits per heavy atom. The maximum atomic E-state index is 13.2. The number of nitrogens with zero attached hydrogens (tertiary/aromatic N) is 1. The minimum absolute atomic E-state index is 0.112. The summed E-state index contributed by atoms with van der Waals surface area (Å²) in [7, 11) is 0. The molecule has 0 bridgehead atoms. The number of amides is 2. The van der Waals surface area contributed by atoms with Crippen LogP contribution in [-0.2, 0) is 4.79 Å².